The molecule has 4 heteroatoms. The number of fused-ring (bicyclic) bond motifs is 1. The molecule has 2 N–H and O–H groups in total. The van der Waals surface area contributed by atoms with Gasteiger partial charge in [0.05, 0.1) is 11.4 Å². The van der Waals surface area contributed by atoms with Crippen molar-refractivity contribution >= 4 is 11.3 Å². The highest BCUT2D eigenvalue weighted by molar-refractivity contribution is 5.64. The predicted octanol–water partition coefficient (Wildman–Crippen LogP) is 1.55. The number of imidazole rings is 1. The number of nitrogens with zero attached hydrogens (tertiary/aromatic N) is 3. The zero-order chi connectivity index (χ0) is 11.7. The van der Waals surface area contributed by atoms with E-state index >= 15 is 0 Å². The fourth-order valence-corrected chi connectivity index (χ4v) is 2.48. The van der Waals surface area contributed by atoms with Crippen LogP contribution in [0.1, 0.15) is 18.5 Å². The standard InChI is InChI=1S/C13H18N4/c14-12-4-3-8-17-10-11(15-13(12)17)5-9-16-6-1-2-7-16/h3-4,8,10H,1-2,5-7,9,14H2. The number of hydrogen-bond donors (Lipinski definition) is 1. The van der Waals surface area contributed by atoms with E-state index in [0.29, 0.717) is 0 Å². The molecule has 0 spiro atoms. The molecule has 0 saturated carbocycles. The first-order valence-corrected chi connectivity index (χ1v) is 6.27. The van der Waals surface area contributed by atoms with Crippen LogP contribution in [0.2, 0.25) is 0 Å². The van der Waals surface area contributed by atoms with Gasteiger partial charge in [0.1, 0.15) is 0 Å². The molecule has 1 fully saturated rings. The molecule has 90 valence electrons. The molecular formula is C13H18N4. The van der Waals surface area contributed by atoms with E-state index in [2.05, 4.69) is 16.1 Å². The average Bonchev–Trinajstić information content (AvgIpc) is 2.95. The molecule has 0 radical (unpaired) electrons. The Morgan fingerprint density at radius 2 is 2.12 bits per heavy atom. The molecule has 0 unspecified atom stereocenters. The maximum absolute atomic E-state index is 5.89. The molecule has 2 aromatic heterocycles. The van der Waals surface area contributed by atoms with Crippen LogP contribution >= 0.6 is 0 Å². The van der Waals surface area contributed by atoms with Crippen molar-refractivity contribution in [3.8, 4) is 0 Å². The molecule has 0 atom stereocenters. The molecule has 4 nitrogen and oxygen atoms in total. The van der Waals surface area contributed by atoms with Gasteiger partial charge in [-0.05, 0) is 38.1 Å². The van der Waals surface area contributed by atoms with Gasteiger partial charge in [-0.1, -0.05) is 0 Å². The predicted molar refractivity (Wildman–Crippen MR) is 69.0 cm³/mol. The van der Waals surface area contributed by atoms with Gasteiger partial charge in [0.15, 0.2) is 5.65 Å². The molecule has 1 aliphatic heterocycles. The minimum absolute atomic E-state index is 0.750. The third-order valence-electron chi connectivity index (χ3n) is 3.45. The first-order valence-electron chi connectivity index (χ1n) is 6.27. The Morgan fingerprint density at radius 3 is 2.88 bits per heavy atom. The highest BCUT2D eigenvalue weighted by Crippen LogP contribution is 2.14. The highest BCUT2D eigenvalue weighted by atomic mass is 15.1. The second kappa shape index (κ2) is 4.37. The van der Waals surface area contributed by atoms with Gasteiger partial charge >= 0.3 is 0 Å². The third-order valence-corrected chi connectivity index (χ3v) is 3.45. The molecule has 0 bridgehead atoms. The average molecular weight is 230 g/mol. The molecule has 0 aliphatic carbocycles. The Labute approximate surface area is 101 Å². The number of pyridine rings is 1. The van der Waals surface area contributed by atoms with Crippen molar-refractivity contribution in [2.75, 3.05) is 25.4 Å². The van der Waals surface area contributed by atoms with Crippen LogP contribution in [-0.2, 0) is 6.42 Å². The summed E-state index contributed by atoms with van der Waals surface area (Å²) in [6.07, 6.45) is 7.79. The van der Waals surface area contributed by atoms with E-state index in [1.54, 1.807) is 0 Å². The third kappa shape index (κ3) is 2.13. The summed E-state index contributed by atoms with van der Waals surface area (Å²) in [5.41, 5.74) is 8.66. The van der Waals surface area contributed by atoms with Gasteiger partial charge in [-0.25, -0.2) is 4.98 Å². The van der Waals surface area contributed by atoms with E-state index < -0.39 is 0 Å². The quantitative estimate of drug-likeness (QED) is 0.870. The topological polar surface area (TPSA) is 46.6 Å². The van der Waals surface area contributed by atoms with Crippen molar-refractivity contribution < 1.29 is 0 Å². The van der Waals surface area contributed by atoms with E-state index in [1.165, 1.54) is 25.9 Å². The van der Waals surface area contributed by atoms with Crippen molar-refractivity contribution in [1.29, 1.82) is 0 Å². The molecule has 3 heterocycles. The lowest BCUT2D eigenvalue weighted by Crippen LogP contribution is -2.21. The lowest BCUT2D eigenvalue weighted by atomic mass is 10.3. The van der Waals surface area contributed by atoms with Gasteiger partial charge in [0.25, 0.3) is 0 Å². The molecule has 0 aromatic carbocycles. The maximum atomic E-state index is 5.89. The zero-order valence-corrected chi connectivity index (χ0v) is 9.97. The number of anilines is 1. The second-order valence-corrected chi connectivity index (χ2v) is 4.73. The fourth-order valence-electron chi connectivity index (χ4n) is 2.48. The summed E-state index contributed by atoms with van der Waals surface area (Å²) < 4.78 is 2.01. The molecule has 17 heavy (non-hydrogen) atoms. The van der Waals surface area contributed by atoms with Crippen LogP contribution in [0.5, 0.6) is 0 Å². The molecule has 3 rings (SSSR count). The number of rotatable bonds is 3. The van der Waals surface area contributed by atoms with E-state index in [4.69, 9.17) is 5.73 Å². The minimum Gasteiger partial charge on any atom is -0.396 e. The summed E-state index contributed by atoms with van der Waals surface area (Å²) >= 11 is 0. The van der Waals surface area contributed by atoms with Crippen LogP contribution in [-0.4, -0.2) is 33.9 Å². The SMILES string of the molecule is Nc1cccn2cc(CCN3CCCC3)nc12. The van der Waals surface area contributed by atoms with Crippen LogP contribution in [0.3, 0.4) is 0 Å². The van der Waals surface area contributed by atoms with Gasteiger partial charge < -0.3 is 15.0 Å². The van der Waals surface area contributed by atoms with Crippen molar-refractivity contribution in [3.63, 3.8) is 0 Å². The number of nitrogens with two attached hydrogens (primary N) is 1. The number of likely N-dealkylation sites (tertiary alicyclic amines) is 1. The largest absolute Gasteiger partial charge is 0.396 e. The summed E-state index contributed by atoms with van der Waals surface area (Å²) in [6.45, 7) is 3.61. The first-order chi connectivity index (χ1) is 8.33. The van der Waals surface area contributed by atoms with Gasteiger partial charge in [0.2, 0.25) is 0 Å². The molecule has 1 saturated heterocycles. The highest BCUT2D eigenvalue weighted by Gasteiger charge is 2.12. The maximum Gasteiger partial charge on any atom is 0.160 e. The summed E-state index contributed by atoms with van der Waals surface area (Å²) in [4.78, 5) is 7.09. The minimum atomic E-state index is 0.750. The molecule has 0 amide bonds. The van der Waals surface area contributed by atoms with Crippen LogP contribution in [0, 0.1) is 0 Å². The lowest BCUT2D eigenvalue weighted by molar-refractivity contribution is 0.342. The Kier molecular flexibility index (Phi) is 2.73. The summed E-state index contributed by atoms with van der Waals surface area (Å²) in [5.74, 6) is 0. The van der Waals surface area contributed by atoms with Gasteiger partial charge in [-0.3, -0.25) is 0 Å². The number of aromatic nitrogens is 2. The fraction of sp³-hybridized carbons (Fsp3) is 0.462. The monoisotopic (exact) mass is 230 g/mol. The normalized spacial score (nSPS) is 16.9. The van der Waals surface area contributed by atoms with Crippen LogP contribution < -0.4 is 5.73 Å². The lowest BCUT2D eigenvalue weighted by Gasteiger charge is -2.12. The van der Waals surface area contributed by atoms with E-state index in [0.717, 1.165) is 30.0 Å². The van der Waals surface area contributed by atoms with Crippen molar-refractivity contribution in [1.82, 2.24) is 14.3 Å². The van der Waals surface area contributed by atoms with Crippen molar-refractivity contribution in [3.05, 3.63) is 30.2 Å². The van der Waals surface area contributed by atoms with Crippen LogP contribution in [0.15, 0.2) is 24.5 Å². The van der Waals surface area contributed by atoms with E-state index in [-0.39, 0.29) is 0 Å². The summed E-state index contributed by atoms with van der Waals surface area (Å²) in [5, 5.41) is 0. The Morgan fingerprint density at radius 1 is 1.29 bits per heavy atom. The Hall–Kier alpha value is -1.55. The van der Waals surface area contributed by atoms with E-state index in [1.807, 2.05) is 22.7 Å². The van der Waals surface area contributed by atoms with Gasteiger partial charge in [-0.2, -0.15) is 0 Å². The van der Waals surface area contributed by atoms with Crippen LogP contribution in [0.25, 0.3) is 5.65 Å². The Bertz CT molecular complexity index is 511. The summed E-state index contributed by atoms with van der Waals surface area (Å²) in [6, 6.07) is 3.85. The molecule has 2 aromatic rings. The molecule has 1 aliphatic rings. The zero-order valence-electron chi connectivity index (χ0n) is 9.97. The van der Waals surface area contributed by atoms with Crippen LogP contribution in [0.4, 0.5) is 5.69 Å². The first kappa shape index (κ1) is 10.6. The second-order valence-electron chi connectivity index (χ2n) is 4.73. The summed E-state index contributed by atoms with van der Waals surface area (Å²) in [7, 11) is 0. The van der Waals surface area contributed by atoms with Crippen molar-refractivity contribution in [2.24, 2.45) is 0 Å². The van der Waals surface area contributed by atoms with Gasteiger partial charge in [0, 0.05) is 25.4 Å². The smallest absolute Gasteiger partial charge is 0.160 e. The Balaban J connectivity index is 1.74. The molecular weight excluding hydrogens is 212 g/mol. The number of hydrogen-bond acceptors (Lipinski definition) is 3. The van der Waals surface area contributed by atoms with Crippen molar-refractivity contribution in [2.45, 2.75) is 19.3 Å². The number of nitrogen functional groups attached to an aromatic ring is 1. The van der Waals surface area contributed by atoms with E-state index in [9.17, 15) is 0 Å². The van der Waals surface area contributed by atoms with Gasteiger partial charge in [-0.15, -0.1) is 0 Å².